The lowest BCUT2D eigenvalue weighted by Crippen LogP contribution is -2.32. The summed E-state index contributed by atoms with van der Waals surface area (Å²) in [6, 6.07) is 7.06. The fourth-order valence-corrected chi connectivity index (χ4v) is 1.86. The zero-order valence-electron chi connectivity index (χ0n) is 8.28. The van der Waals surface area contributed by atoms with Crippen molar-refractivity contribution in [3.8, 4) is 0 Å². The van der Waals surface area contributed by atoms with Crippen molar-refractivity contribution in [2.45, 2.75) is 13.8 Å². The van der Waals surface area contributed by atoms with Crippen LogP contribution in [-0.2, 0) is 0 Å². The van der Waals surface area contributed by atoms with Crippen LogP contribution in [0.15, 0.2) is 24.3 Å². The normalized spacial score (nSPS) is 26.1. The van der Waals surface area contributed by atoms with Gasteiger partial charge in [-0.3, -0.25) is 9.59 Å². The van der Waals surface area contributed by atoms with Gasteiger partial charge in [0.25, 0.3) is 0 Å². The first-order chi connectivity index (χ1) is 6.63. The van der Waals surface area contributed by atoms with Crippen molar-refractivity contribution in [2.75, 3.05) is 0 Å². The smallest absolute Gasteiger partial charge is 0.167 e. The van der Waals surface area contributed by atoms with E-state index >= 15 is 0 Å². The van der Waals surface area contributed by atoms with E-state index in [9.17, 15) is 9.59 Å². The van der Waals surface area contributed by atoms with E-state index in [-0.39, 0.29) is 23.4 Å². The van der Waals surface area contributed by atoms with Crippen molar-refractivity contribution in [1.29, 1.82) is 0 Å². The Morgan fingerprint density at radius 2 is 1.21 bits per heavy atom. The van der Waals surface area contributed by atoms with Crippen molar-refractivity contribution < 1.29 is 9.59 Å². The summed E-state index contributed by atoms with van der Waals surface area (Å²) in [7, 11) is 0. The summed E-state index contributed by atoms with van der Waals surface area (Å²) in [5.41, 5.74) is 1.17. The van der Waals surface area contributed by atoms with Gasteiger partial charge in [-0.2, -0.15) is 0 Å². The summed E-state index contributed by atoms with van der Waals surface area (Å²) in [6.07, 6.45) is 0. The van der Waals surface area contributed by atoms with Crippen LogP contribution < -0.4 is 0 Å². The fraction of sp³-hybridized carbons (Fsp3) is 0.333. The molecule has 2 nitrogen and oxygen atoms in total. The molecule has 0 amide bonds. The molecule has 0 saturated heterocycles. The average molecular weight is 188 g/mol. The van der Waals surface area contributed by atoms with Gasteiger partial charge >= 0.3 is 0 Å². The van der Waals surface area contributed by atoms with E-state index in [0.29, 0.717) is 11.1 Å². The third kappa shape index (κ3) is 1.10. The fourth-order valence-electron chi connectivity index (χ4n) is 1.86. The predicted molar refractivity (Wildman–Crippen MR) is 53.4 cm³/mol. The van der Waals surface area contributed by atoms with Crippen LogP contribution in [0.25, 0.3) is 0 Å². The number of carbonyl (C=O) groups excluding carboxylic acids is 2. The number of fused-ring (bicyclic) bond motifs is 1. The standard InChI is InChI=1S/C12H12O2/c1-7-8(2)12(14)10-6-4-3-5-9(10)11(7)13/h3-8H,1-2H3. The average Bonchev–Trinajstić information content (AvgIpc) is 2.23. The molecule has 0 heterocycles. The predicted octanol–water partition coefficient (Wildman–Crippen LogP) is 2.34. The Balaban J connectivity index is 2.62. The number of hydrogen-bond acceptors (Lipinski definition) is 2. The Bertz CT molecular complexity index is 368. The Labute approximate surface area is 82.9 Å². The van der Waals surface area contributed by atoms with Gasteiger partial charge in [0.15, 0.2) is 11.6 Å². The maximum absolute atomic E-state index is 11.8. The lowest BCUT2D eigenvalue weighted by Gasteiger charge is -2.24. The van der Waals surface area contributed by atoms with Crippen molar-refractivity contribution in [1.82, 2.24) is 0 Å². The zero-order valence-corrected chi connectivity index (χ0v) is 8.28. The molecule has 0 aromatic heterocycles. The Kier molecular flexibility index (Phi) is 1.99. The number of rotatable bonds is 0. The van der Waals surface area contributed by atoms with Gasteiger partial charge in [-0.05, 0) is 0 Å². The summed E-state index contributed by atoms with van der Waals surface area (Å²) in [5, 5.41) is 0. The number of ketones is 2. The van der Waals surface area contributed by atoms with Crippen LogP contribution in [0.1, 0.15) is 34.6 Å². The van der Waals surface area contributed by atoms with Gasteiger partial charge in [0.1, 0.15) is 0 Å². The number of carbonyl (C=O) groups is 2. The minimum absolute atomic E-state index is 0.0905. The maximum atomic E-state index is 11.8. The molecular weight excluding hydrogens is 176 g/mol. The van der Waals surface area contributed by atoms with Crippen LogP contribution in [0.5, 0.6) is 0 Å². The molecule has 0 bridgehead atoms. The molecule has 1 aliphatic carbocycles. The highest BCUT2D eigenvalue weighted by molar-refractivity contribution is 6.15. The number of benzene rings is 1. The molecule has 1 aliphatic rings. The van der Waals surface area contributed by atoms with Gasteiger partial charge < -0.3 is 0 Å². The van der Waals surface area contributed by atoms with Crippen molar-refractivity contribution >= 4 is 11.6 Å². The highest BCUT2D eigenvalue weighted by Gasteiger charge is 2.35. The largest absolute Gasteiger partial charge is 0.294 e. The highest BCUT2D eigenvalue weighted by Crippen LogP contribution is 2.29. The lowest BCUT2D eigenvalue weighted by molar-refractivity contribution is 0.0763. The van der Waals surface area contributed by atoms with Gasteiger partial charge in [0, 0.05) is 23.0 Å². The third-order valence-electron chi connectivity index (χ3n) is 3.04. The summed E-state index contributed by atoms with van der Waals surface area (Å²) in [5.74, 6) is -0.185. The lowest BCUT2D eigenvalue weighted by atomic mass is 9.76. The number of hydrogen-bond donors (Lipinski definition) is 0. The van der Waals surface area contributed by atoms with Crippen molar-refractivity contribution in [3.63, 3.8) is 0 Å². The first-order valence-electron chi connectivity index (χ1n) is 4.80. The Morgan fingerprint density at radius 1 is 0.857 bits per heavy atom. The Hall–Kier alpha value is -1.44. The van der Waals surface area contributed by atoms with Crippen LogP contribution >= 0.6 is 0 Å². The molecule has 14 heavy (non-hydrogen) atoms. The molecule has 1 aromatic rings. The molecular formula is C12H12O2. The monoisotopic (exact) mass is 188 g/mol. The summed E-state index contributed by atoms with van der Waals surface area (Å²) in [6.45, 7) is 3.64. The van der Waals surface area contributed by atoms with E-state index in [1.807, 2.05) is 13.8 Å². The van der Waals surface area contributed by atoms with E-state index in [1.165, 1.54) is 0 Å². The maximum Gasteiger partial charge on any atom is 0.167 e. The van der Waals surface area contributed by atoms with Gasteiger partial charge in [0.05, 0.1) is 0 Å². The van der Waals surface area contributed by atoms with Crippen molar-refractivity contribution in [2.24, 2.45) is 11.8 Å². The minimum atomic E-state index is -0.183. The van der Waals surface area contributed by atoms with E-state index in [4.69, 9.17) is 0 Å². The number of Topliss-reactive ketones (excluding diaryl/α,β-unsaturated/α-hetero) is 2. The van der Waals surface area contributed by atoms with E-state index in [1.54, 1.807) is 24.3 Å². The summed E-state index contributed by atoms with van der Waals surface area (Å²) in [4.78, 5) is 23.6. The summed E-state index contributed by atoms with van der Waals surface area (Å²) >= 11 is 0. The first-order valence-corrected chi connectivity index (χ1v) is 4.80. The topological polar surface area (TPSA) is 34.1 Å². The molecule has 1 aromatic carbocycles. The van der Waals surface area contributed by atoms with Crippen LogP contribution in [-0.4, -0.2) is 11.6 Å². The second kappa shape index (κ2) is 3.05. The second-order valence-electron chi connectivity index (χ2n) is 3.85. The first kappa shape index (κ1) is 9.13. The molecule has 0 fully saturated rings. The van der Waals surface area contributed by atoms with Gasteiger partial charge in [-0.15, -0.1) is 0 Å². The molecule has 0 N–H and O–H groups in total. The van der Waals surface area contributed by atoms with Crippen LogP contribution in [0, 0.1) is 11.8 Å². The highest BCUT2D eigenvalue weighted by atomic mass is 16.1. The van der Waals surface area contributed by atoms with Gasteiger partial charge in [0.2, 0.25) is 0 Å². The molecule has 2 unspecified atom stereocenters. The summed E-state index contributed by atoms with van der Waals surface area (Å²) < 4.78 is 0. The molecule has 0 aliphatic heterocycles. The van der Waals surface area contributed by atoms with Gasteiger partial charge in [-0.25, -0.2) is 0 Å². The molecule has 2 heteroatoms. The molecule has 2 rings (SSSR count). The van der Waals surface area contributed by atoms with Gasteiger partial charge in [-0.1, -0.05) is 38.1 Å². The van der Waals surface area contributed by atoms with Crippen molar-refractivity contribution in [3.05, 3.63) is 35.4 Å². The van der Waals surface area contributed by atoms with Crippen LogP contribution in [0.4, 0.5) is 0 Å². The second-order valence-corrected chi connectivity index (χ2v) is 3.85. The zero-order chi connectivity index (χ0) is 10.3. The minimum Gasteiger partial charge on any atom is -0.294 e. The molecule has 0 radical (unpaired) electrons. The quantitative estimate of drug-likeness (QED) is 0.626. The van der Waals surface area contributed by atoms with E-state index in [0.717, 1.165) is 0 Å². The molecule has 0 saturated carbocycles. The SMILES string of the molecule is CC1C(=O)c2ccccc2C(=O)C1C. The third-order valence-corrected chi connectivity index (χ3v) is 3.04. The van der Waals surface area contributed by atoms with E-state index < -0.39 is 0 Å². The Morgan fingerprint density at radius 3 is 1.57 bits per heavy atom. The molecule has 2 atom stereocenters. The van der Waals surface area contributed by atoms with E-state index in [2.05, 4.69) is 0 Å². The molecule has 0 spiro atoms. The molecule has 72 valence electrons. The van der Waals surface area contributed by atoms with Crippen LogP contribution in [0.2, 0.25) is 0 Å². The van der Waals surface area contributed by atoms with Crippen LogP contribution in [0.3, 0.4) is 0 Å².